The second-order valence-corrected chi connectivity index (χ2v) is 12.3. The average Bonchev–Trinajstić information content (AvgIpc) is 3.82. The average molecular weight is 539 g/mol. The van der Waals surface area contributed by atoms with Gasteiger partial charge in [-0.05, 0) is 6.42 Å². The summed E-state index contributed by atoms with van der Waals surface area (Å²) in [6, 6.07) is 0. The Kier molecular flexibility index (Phi) is 36.8. The van der Waals surface area contributed by atoms with E-state index in [2.05, 4.69) is 11.7 Å². The zero-order valence-corrected chi connectivity index (χ0v) is 26.6. The smallest absolute Gasteiger partial charge is 0.0701 e. The predicted molar refractivity (Wildman–Crippen MR) is 171 cm³/mol. The lowest BCUT2D eigenvalue weighted by atomic mass is 10.0. The first-order valence-electron chi connectivity index (χ1n) is 18.1. The van der Waals surface area contributed by atoms with Crippen molar-refractivity contribution in [3.8, 4) is 0 Å². The van der Waals surface area contributed by atoms with E-state index in [1.165, 1.54) is 199 Å². The molecule has 0 amide bonds. The molecule has 1 heterocycles. The minimum atomic E-state index is 0.375. The summed E-state index contributed by atoms with van der Waals surface area (Å²) in [5.41, 5.74) is 0. The van der Waals surface area contributed by atoms with Gasteiger partial charge in [-0.25, -0.2) is 0 Å². The van der Waals surface area contributed by atoms with Gasteiger partial charge in [-0.15, -0.1) is 0 Å². The SMILES string of the molecule is C1CO1.CCCCCCCCCCCCCCCCCCCCCCCCCCCCCCCCCCO. The molecule has 2 heteroatoms. The number of unbranched alkanes of at least 4 members (excludes halogenated alkanes) is 31. The van der Waals surface area contributed by atoms with E-state index in [-0.39, 0.29) is 0 Å². The lowest BCUT2D eigenvalue weighted by Gasteiger charge is -2.04. The van der Waals surface area contributed by atoms with Gasteiger partial charge < -0.3 is 9.84 Å². The van der Waals surface area contributed by atoms with Crippen LogP contribution in [0.15, 0.2) is 0 Å². The maximum Gasteiger partial charge on any atom is 0.0701 e. The minimum Gasteiger partial charge on any atom is -0.396 e. The van der Waals surface area contributed by atoms with Gasteiger partial charge in [-0.2, -0.15) is 0 Å². The van der Waals surface area contributed by atoms with Crippen LogP contribution < -0.4 is 0 Å². The van der Waals surface area contributed by atoms with Gasteiger partial charge in [-0.3, -0.25) is 0 Å². The molecule has 0 saturated carbocycles. The third-order valence-electron chi connectivity index (χ3n) is 8.22. The number of aliphatic hydroxyl groups is 1. The first kappa shape index (κ1) is 37.9. The first-order chi connectivity index (χ1) is 18.9. The van der Waals surface area contributed by atoms with Gasteiger partial charge in [0.2, 0.25) is 0 Å². The van der Waals surface area contributed by atoms with E-state index < -0.39 is 0 Å². The van der Waals surface area contributed by atoms with Crippen molar-refractivity contribution in [2.24, 2.45) is 0 Å². The minimum absolute atomic E-state index is 0.375. The molecule has 1 aliphatic heterocycles. The van der Waals surface area contributed by atoms with Crippen LogP contribution in [0.4, 0.5) is 0 Å². The highest BCUT2D eigenvalue weighted by atomic mass is 16.6. The predicted octanol–water partition coefficient (Wildman–Crippen LogP) is 12.5. The number of aliphatic hydroxyl groups excluding tert-OH is 1. The molecule has 230 valence electrons. The molecule has 0 aromatic rings. The van der Waals surface area contributed by atoms with Gasteiger partial charge in [0.1, 0.15) is 0 Å². The van der Waals surface area contributed by atoms with Crippen LogP contribution >= 0.6 is 0 Å². The van der Waals surface area contributed by atoms with Crippen LogP contribution in [0.3, 0.4) is 0 Å². The number of ether oxygens (including phenoxy) is 1. The summed E-state index contributed by atoms with van der Waals surface area (Å²) < 4.78 is 4.50. The van der Waals surface area contributed by atoms with Crippen LogP contribution in [-0.4, -0.2) is 24.9 Å². The second kappa shape index (κ2) is 36.9. The fourth-order valence-electron chi connectivity index (χ4n) is 5.49. The van der Waals surface area contributed by atoms with Crippen LogP contribution in [-0.2, 0) is 4.74 Å². The molecule has 1 rings (SSSR count). The van der Waals surface area contributed by atoms with E-state index in [1.807, 2.05) is 0 Å². The molecule has 2 nitrogen and oxygen atoms in total. The molecule has 0 atom stereocenters. The zero-order valence-electron chi connectivity index (χ0n) is 26.6. The van der Waals surface area contributed by atoms with Crippen molar-refractivity contribution in [2.75, 3.05) is 19.8 Å². The Morgan fingerprint density at radius 1 is 0.316 bits per heavy atom. The molecule has 0 bridgehead atoms. The normalized spacial score (nSPS) is 12.5. The topological polar surface area (TPSA) is 32.8 Å². The lowest BCUT2D eigenvalue weighted by molar-refractivity contribution is 0.282. The van der Waals surface area contributed by atoms with Gasteiger partial charge in [0.25, 0.3) is 0 Å². The van der Waals surface area contributed by atoms with Crippen molar-refractivity contribution >= 4 is 0 Å². The Morgan fingerprint density at radius 3 is 0.605 bits per heavy atom. The monoisotopic (exact) mass is 539 g/mol. The van der Waals surface area contributed by atoms with E-state index in [1.54, 1.807) is 0 Å². The van der Waals surface area contributed by atoms with E-state index >= 15 is 0 Å². The summed E-state index contributed by atoms with van der Waals surface area (Å²) in [4.78, 5) is 0. The third-order valence-corrected chi connectivity index (χ3v) is 8.22. The maximum atomic E-state index is 8.78. The number of epoxide rings is 1. The Balaban J connectivity index is 0.00000423. The maximum absolute atomic E-state index is 8.78. The summed E-state index contributed by atoms with van der Waals surface area (Å²) in [5.74, 6) is 0. The fraction of sp³-hybridized carbons (Fsp3) is 1.00. The van der Waals surface area contributed by atoms with Crippen molar-refractivity contribution in [1.29, 1.82) is 0 Å². The summed E-state index contributed by atoms with van der Waals surface area (Å²) in [7, 11) is 0. The highest BCUT2D eigenvalue weighted by Crippen LogP contribution is 2.16. The second-order valence-electron chi connectivity index (χ2n) is 12.3. The van der Waals surface area contributed by atoms with E-state index in [4.69, 9.17) is 5.11 Å². The number of hydrogen-bond donors (Lipinski definition) is 1. The quantitative estimate of drug-likeness (QED) is 0.0682. The van der Waals surface area contributed by atoms with Crippen LogP contribution in [0.1, 0.15) is 212 Å². The van der Waals surface area contributed by atoms with Gasteiger partial charge in [0, 0.05) is 6.61 Å². The summed E-state index contributed by atoms with van der Waals surface area (Å²) >= 11 is 0. The molecular formula is C36H74O2. The molecule has 1 N–H and O–H groups in total. The molecule has 0 aromatic carbocycles. The van der Waals surface area contributed by atoms with Crippen LogP contribution in [0, 0.1) is 0 Å². The third kappa shape index (κ3) is 40.4. The first-order valence-corrected chi connectivity index (χ1v) is 18.1. The van der Waals surface area contributed by atoms with Crippen molar-refractivity contribution in [1.82, 2.24) is 0 Å². The van der Waals surface area contributed by atoms with E-state index in [9.17, 15) is 0 Å². The largest absolute Gasteiger partial charge is 0.396 e. The Morgan fingerprint density at radius 2 is 0.474 bits per heavy atom. The van der Waals surface area contributed by atoms with Crippen molar-refractivity contribution in [2.45, 2.75) is 212 Å². The molecule has 0 radical (unpaired) electrons. The highest BCUT2D eigenvalue weighted by molar-refractivity contribution is 4.52. The molecule has 0 spiro atoms. The summed E-state index contributed by atoms with van der Waals surface area (Å²) in [6.07, 6.45) is 46.0. The molecule has 38 heavy (non-hydrogen) atoms. The van der Waals surface area contributed by atoms with Gasteiger partial charge in [0.15, 0.2) is 0 Å². The van der Waals surface area contributed by atoms with Crippen molar-refractivity contribution in [3.63, 3.8) is 0 Å². The molecule has 1 fully saturated rings. The van der Waals surface area contributed by atoms with Crippen molar-refractivity contribution in [3.05, 3.63) is 0 Å². The molecular weight excluding hydrogens is 464 g/mol. The Bertz CT molecular complexity index is 347. The lowest BCUT2D eigenvalue weighted by Crippen LogP contribution is -1.85. The van der Waals surface area contributed by atoms with Gasteiger partial charge >= 0.3 is 0 Å². The van der Waals surface area contributed by atoms with Gasteiger partial charge in [-0.1, -0.05) is 206 Å². The van der Waals surface area contributed by atoms with E-state index in [0.717, 1.165) is 19.6 Å². The summed E-state index contributed by atoms with van der Waals surface area (Å²) in [5, 5.41) is 8.78. The standard InChI is InChI=1S/C34H70O.C2H4O/c1-2-3-4-5-6-7-8-9-10-11-12-13-14-15-16-17-18-19-20-21-22-23-24-25-26-27-28-29-30-31-32-33-34-35;1-2-3-1/h35H,2-34H2,1H3;1-2H2. The number of rotatable bonds is 32. The Hall–Kier alpha value is -0.0800. The van der Waals surface area contributed by atoms with E-state index in [0.29, 0.717) is 6.61 Å². The summed E-state index contributed by atoms with van der Waals surface area (Å²) in [6.45, 7) is 4.68. The molecule has 0 unspecified atom stereocenters. The molecule has 1 saturated heterocycles. The van der Waals surface area contributed by atoms with Crippen LogP contribution in [0.5, 0.6) is 0 Å². The zero-order chi connectivity index (χ0) is 27.5. The molecule has 0 aliphatic carbocycles. The van der Waals surface area contributed by atoms with Crippen LogP contribution in [0.2, 0.25) is 0 Å². The fourth-order valence-corrected chi connectivity index (χ4v) is 5.49. The van der Waals surface area contributed by atoms with Gasteiger partial charge in [0.05, 0.1) is 13.2 Å². The Labute approximate surface area is 241 Å². The van der Waals surface area contributed by atoms with Crippen molar-refractivity contribution < 1.29 is 9.84 Å². The molecule has 0 aromatic heterocycles. The number of hydrogen-bond acceptors (Lipinski definition) is 2. The molecule has 1 aliphatic rings. The highest BCUT2D eigenvalue weighted by Gasteiger charge is 1.97. The van der Waals surface area contributed by atoms with Crippen LogP contribution in [0.25, 0.3) is 0 Å².